The molecule has 3 rings (SSSR count). The van der Waals surface area contributed by atoms with Crippen LogP contribution in [0, 0.1) is 11.3 Å². The average Bonchev–Trinajstić information content (AvgIpc) is 3.29. The van der Waals surface area contributed by atoms with E-state index in [2.05, 4.69) is 20.9 Å². The van der Waals surface area contributed by atoms with Crippen molar-refractivity contribution in [3.05, 3.63) is 29.8 Å². The highest BCUT2D eigenvalue weighted by Crippen LogP contribution is 2.38. The van der Waals surface area contributed by atoms with Crippen LogP contribution in [-0.4, -0.2) is 50.4 Å². The SMILES string of the molecule is CN=C(NCc1cccc(NC(=O)C2CCCCC2)c1)NCC1(C(=O)N(C)C)CCCC1. The van der Waals surface area contributed by atoms with E-state index in [1.807, 2.05) is 38.4 Å². The lowest BCUT2D eigenvalue weighted by Gasteiger charge is -2.31. The Morgan fingerprint density at radius 3 is 2.44 bits per heavy atom. The fourth-order valence-corrected chi connectivity index (χ4v) is 5.02. The van der Waals surface area contributed by atoms with Gasteiger partial charge in [0.15, 0.2) is 5.96 Å². The molecule has 0 bridgehead atoms. The number of hydrogen-bond acceptors (Lipinski definition) is 3. The molecule has 0 spiro atoms. The number of guanidine groups is 1. The van der Waals surface area contributed by atoms with Crippen LogP contribution in [0.15, 0.2) is 29.3 Å². The lowest BCUT2D eigenvalue weighted by molar-refractivity contribution is -0.138. The van der Waals surface area contributed by atoms with E-state index >= 15 is 0 Å². The normalized spacial score (nSPS) is 18.8. The van der Waals surface area contributed by atoms with E-state index in [0.29, 0.717) is 19.0 Å². The van der Waals surface area contributed by atoms with E-state index in [-0.39, 0.29) is 23.1 Å². The zero-order chi connectivity index (χ0) is 23.0. The zero-order valence-corrected chi connectivity index (χ0v) is 19.9. The predicted octanol–water partition coefficient (Wildman–Crippen LogP) is 3.52. The number of rotatable bonds is 7. The topological polar surface area (TPSA) is 85.8 Å². The van der Waals surface area contributed by atoms with Crippen molar-refractivity contribution in [1.29, 1.82) is 0 Å². The molecule has 0 atom stereocenters. The molecule has 2 aliphatic rings. The van der Waals surface area contributed by atoms with Crippen molar-refractivity contribution in [2.45, 2.75) is 64.3 Å². The zero-order valence-electron chi connectivity index (χ0n) is 19.9. The number of nitrogens with zero attached hydrogens (tertiary/aromatic N) is 2. The van der Waals surface area contributed by atoms with E-state index in [0.717, 1.165) is 62.6 Å². The second-order valence-electron chi connectivity index (χ2n) is 9.49. The van der Waals surface area contributed by atoms with Gasteiger partial charge in [0.2, 0.25) is 11.8 Å². The number of carbonyl (C=O) groups is 2. The lowest BCUT2D eigenvalue weighted by atomic mass is 9.84. The van der Waals surface area contributed by atoms with Gasteiger partial charge in [-0.15, -0.1) is 0 Å². The van der Waals surface area contributed by atoms with Crippen LogP contribution in [0.3, 0.4) is 0 Å². The largest absolute Gasteiger partial charge is 0.355 e. The van der Waals surface area contributed by atoms with Crippen molar-refractivity contribution < 1.29 is 9.59 Å². The first-order valence-electron chi connectivity index (χ1n) is 12.0. The lowest BCUT2D eigenvalue weighted by Crippen LogP contribution is -2.49. The van der Waals surface area contributed by atoms with E-state index in [4.69, 9.17) is 0 Å². The Bertz CT molecular complexity index is 808. The molecule has 176 valence electrons. The quantitative estimate of drug-likeness (QED) is 0.446. The predicted molar refractivity (Wildman–Crippen MR) is 129 cm³/mol. The van der Waals surface area contributed by atoms with E-state index in [1.165, 1.54) is 6.42 Å². The van der Waals surface area contributed by atoms with Gasteiger partial charge in [0, 0.05) is 45.8 Å². The molecule has 1 aromatic carbocycles. The van der Waals surface area contributed by atoms with Crippen molar-refractivity contribution in [2.75, 3.05) is 33.0 Å². The minimum Gasteiger partial charge on any atom is -0.355 e. The third-order valence-corrected chi connectivity index (χ3v) is 6.87. The number of nitrogens with one attached hydrogen (secondary N) is 3. The molecule has 2 fully saturated rings. The van der Waals surface area contributed by atoms with Gasteiger partial charge in [0.05, 0.1) is 5.41 Å². The van der Waals surface area contributed by atoms with E-state index in [1.54, 1.807) is 11.9 Å². The van der Waals surface area contributed by atoms with Gasteiger partial charge in [-0.1, -0.05) is 44.2 Å². The van der Waals surface area contributed by atoms with E-state index in [9.17, 15) is 9.59 Å². The molecule has 0 heterocycles. The molecule has 2 aliphatic carbocycles. The fourth-order valence-electron chi connectivity index (χ4n) is 5.02. The van der Waals surface area contributed by atoms with Crippen LogP contribution in [0.5, 0.6) is 0 Å². The highest BCUT2D eigenvalue weighted by atomic mass is 16.2. The standard InChI is InChI=1S/C25H39N5O2/c1-26-24(28-18-25(14-7-8-15-25)23(32)30(2)3)27-17-19-10-9-13-21(16-19)29-22(31)20-11-5-4-6-12-20/h9-10,13,16,20H,4-8,11-12,14-15,17-18H2,1-3H3,(H,29,31)(H2,26,27,28). The monoisotopic (exact) mass is 441 g/mol. The first kappa shape index (κ1) is 24.1. The summed E-state index contributed by atoms with van der Waals surface area (Å²) in [7, 11) is 5.40. The first-order chi connectivity index (χ1) is 15.4. The molecule has 0 aliphatic heterocycles. The molecule has 7 nitrogen and oxygen atoms in total. The van der Waals surface area contributed by atoms with Crippen LogP contribution in [0.4, 0.5) is 5.69 Å². The number of aliphatic imine (C=N–C) groups is 1. The minimum atomic E-state index is -0.343. The maximum absolute atomic E-state index is 12.8. The average molecular weight is 442 g/mol. The molecule has 0 saturated heterocycles. The van der Waals surface area contributed by atoms with Crippen molar-refractivity contribution in [3.8, 4) is 0 Å². The molecular formula is C25H39N5O2. The Hall–Kier alpha value is -2.57. The van der Waals surface area contributed by atoms with Gasteiger partial charge in [-0.25, -0.2) is 0 Å². The fraction of sp³-hybridized carbons (Fsp3) is 0.640. The number of benzene rings is 1. The van der Waals surface area contributed by atoms with Crippen LogP contribution in [0.25, 0.3) is 0 Å². The van der Waals surface area contributed by atoms with Gasteiger partial charge in [-0.3, -0.25) is 14.6 Å². The summed E-state index contributed by atoms with van der Waals surface area (Å²) in [6.07, 6.45) is 9.53. The molecule has 0 radical (unpaired) electrons. The molecule has 32 heavy (non-hydrogen) atoms. The molecule has 0 aromatic heterocycles. The molecule has 7 heteroatoms. The van der Waals surface area contributed by atoms with Gasteiger partial charge in [0.1, 0.15) is 0 Å². The summed E-state index contributed by atoms with van der Waals surface area (Å²) in [5.74, 6) is 1.15. The summed E-state index contributed by atoms with van der Waals surface area (Å²) in [5, 5.41) is 9.80. The Morgan fingerprint density at radius 1 is 1.06 bits per heavy atom. The van der Waals surface area contributed by atoms with Crippen LogP contribution >= 0.6 is 0 Å². The third kappa shape index (κ3) is 6.24. The number of hydrogen-bond donors (Lipinski definition) is 3. The summed E-state index contributed by atoms with van der Waals surface area (Å²) < 4.78 is 0. The van der Waals surface area contributed by atoms with Gasteiger partial charge in [-0.05, 0) is 43.4 Å². The van der Waals surface area contributed by atoms with Gasteiger partial charge >= 0.3 is 0 Å². The van der Waals surface area contributed by atoms with Crippen molar-refractivity contribution in [1.82, 2.24) is 15.5 Å². The summed E-state index contributed by atoms with van der Waals surface area (Å²) in [5.41, 5.74) is 1.56. The van der Waals surface area contributed by atoms with Crippen LogP contribution in [0.1, 0.15) is 63.4 Å². The molecule has 3 N–H and O–H groups in total. The van der Waals surface area contributed by atoms with Crippen molar-refractivity contribution in [3.63, 3.8) is 0 Å². The Kier molecular flexibility index (Phi) is 8.53. The first-order valence-corrected chi connectivity index (χ1v) is 12.0. The van der Waals surface area contributed by atoms with Crippen LogP contribution in [0.2, 0.25) is 0 Å². The molecule has 0 unspecified atom stereocenters. The minimum absolute atomic E-state index is 0.139. The van der Waals surface area contributed by atoms with Crippen molar-refractivity contribution >= 4 is 23.5 Å². The van der Waals surface area contributed by atoms with Crippen LogP contribution in [-0.2, 0) is 16.1 Å². The molecule has 1 aromatic rings. The molecule has 2 saturated carbocycles. The summed E-state index contributed by atoms with van der Waals surface area (Å²) in [4.78, 5) is 31.4. The number of amides is 2. The highest BCUT2D eigenvalue weighted by Gasteiger charge is 2.42. The number of anilines is 1. The summed E-state index contributed by atoms with van der Waals surface area (Å²) in [6.45, 7) is 1.17. The van der Waals surface area contributed by atoms with Gasteiger partial charge < -0.3 is 20.9 Å². The Labute approximate surface area is 192 Å². The Morgan fingerprint density at radius 2 is 1.78 bits per heavy atom. The highest BCUT2D eigenvalue weighted by molar-refractivity contribution is 5.92. The summed E-state index contributed by atoms with van der Waals surface area (Å²) in [6, 6.07) is 7.95. The smallest absolute Gasteiger partial charge is 0.230 e. The molecule has 2 amide bonds. The maximum Gasteiger partial charge on any atom is 0.230 e. The molecular weight excluding hydrogens is 402 g/mol. The van der Waals surface area contributed by atoms with E-state index < -0.39 is 0 Å². The van der Waals surface area contributed by atoms with Crippen molar-refractivity contribution in [2.24, 2.45) is 16.3 Å². The number of carbonyl (C=O) groups excluding carboxylic acids is 2. The van der Waals surface area contributed by atoms with Gasteiger partial charge in [-0.2, -0.15) is 0 Å². The van der Waals surface area contributed by atoms with Crippen LogP contribution < -0.4 is 16.0 Å². The Balaban J connectivity index is 1.53. The van der Waals surface area contributed by atoms with Gasteiger partial charge in [0.25, 0.3) is 0 Å². The maximum atomic E-state index is 12.8. The second kappa shape index (κ2) is 11.3. The summed E-state index contributed by atoms with van der Waals surface area (Å²) >= 11 is 0. The second-order valence-corrected chi connectivity index (χ2v) is 9.49. The third-order valence-electron chi connectivity index (χ3n) is 6.87.